The minimum Gasteiger partial charge on any atom is -0.382 e. The summed E-state index contributed by atoms with van der Waals surface area (Å²) >= 11 is 0. The molecule has 17 heteroatoms. The van der Waals surface area contributed by atoms with Gasteiger partial charge in [0, 0.05) is 23.2 Å². The monoisotopic (exact) mass is 594 g/mol. The van der Waals surface area contributed by atoms with Crippen LogP contribution in [0.2, 0.25) is 0 Å². The zero-order valence-corrected chi connectivity index (χ0v) is 21.2. The van der Waals surface area contributed by atoms with E-state index in [-0.39, 0.29) is 30.2 Å². The molecule has 0 spiro atoms. The van der Waals surface area contributed by atoms with Crippen molar-refractivity contribution in [2.45, 2.75) is 50.4 Å². The SMILES string of the molecule is CCc1c(F)cc(-c2cc(C(F)(F)F)c3c(N)ncnn23)cc1C(=O)N[C@@H]1CN(C(=O)C(C)(O)C(F)(F)F)C[C@@H]1F. The van der Waals surface area contributed by atoms with Crippen molar-refractivity contribution >= 4 is 23.1 Å². The number of hydrogen-bond donors (Lipinski definition) is 3. The van der Waals surface area contributed by atoms with Crippen molar-refractivity contribution in [1.82, 2.24) is 24.8 Å². The largest absolute Gasteiger partial charge is 0.426 e. The fraction of sp³-hybridized carbons (Fsp3) is 0.417. The maximum atomic E-state index is 15.1. The zero-order valence-electron chi connectivity index (χ0n) is 21.2. The van der Waals surface area contributed by atoms with Gasteiger partial charge in [-0.3, -0.25) is 9.59 Å². The van der Waals surface area contributed by atoms with Crippen LogP contribution in [0.3, 0.4) is 0 Å². The Kier molecular flexibility index (Phi) is 7.39. The number of nitrogens with one attached hydrogen (secondary N) is 1. The van der Waals surface area contributed by atoms with Crippen molar-refractivity contribution in [2.75, 3.05) is 18.8 Å². The third kappa shape index (κ3) is 5.25. The summed E-state index contributed by atoms with van der Waals surface area (Å²) in [6.45, 7) is 0.0767. The minimum absolute atomic E-state index is 0.0739. The summed E-state index contributed by atoms with van der Waals surface area (Å²) in [6.07, 6.45) is -11.5. The highest BCUT2D eigenvalue weighted by molar-refractivity contribution is 5.97. The van der Waals surface area contributed by atoms with Gasteiger partial charge in [0.1, 0.15) is 23.8 Å². The minimum atomic E-state index is -5.35. The van der Waals surface area contributed by atoms with Crippen molar-refractivity contribution in [3.8, 4) is 11.3 Å². The van der Waals surface area contributed by atoms with E-state index in [2.05, 4.69) is 15.4 Å². The van der Waals surface area contributed by atoms with E-state index in [0.29, 0.717) is 11.0 Å². The topological polar surface area (TPSA) is 126 Å². The van der Waals surface area contributed by atoms with Gasteiger partial charge in [-0.15, -0.1) is 0 Å². The van der Waals surface area contributed by atoms with E-state index >= 15 is 4.39 Å². The van der Waals surface area contributed by atoms with Crippen LogP contribution in [-0.2, 0) is 17.4 Å². The first kappa shape index (κ1) is 30.0. The molecular weight excluding hydrogens is 572 g/mol. The van der Waals surface area contributed by atoms with Crippen LogP contribution in [0.4, 0.5) is 40.9 Å². The van der Waals surface area contributed by atoms with Crippen LogP contribution in [0.5, 0.6) is 0 Å². The lowest BCUT2D eigenvalue weighted by molar-refractivity contribution is -0.249. The third-order valence-electron chi connectivity index (χ3n) is 6.80. The van der Waals surface area contributed by atoms with Crippen molar-refractivity contribution in [1.29, 1.82) is 0 Å². The van der Waals surface area contributed by atoms with Gasteiger partial charge in [0.05, 0.1) is 23.8 Å². The van der Waals surface area contributed by atoms with E-state index in [4.69, 9.17) is 5.73 Å². The molecule has 3 atom stereocenters. The lowest BCUT2D eigenvalue weighted by Crippen LogP contribution is -2.56. The highest BCUT2D eigenvalue weighted by Gasteiger charge is 2.58. The number of rotatable bonds is 5. The molecule has 0 radical (unpaired) electrons. The molecule has 1 aliphatic heterocycles. The number of nitrogens with zero attached hydrogens (tertiary/aromatic N) is 4. The number of halogens is 8. The number of likely N-dealkylation sites (tertiary alicyclic amines) is 1. The summed E-state index contributed by atoms with van der Waals surface area (Å²) in [5.74, 6) is -4.42. The second kappa shape index (κ2) is 10.1. The maximum Gasteiger partial charge on any atom is 0.426 e. The number of anilines is 1. The Hall–Kier alpha value is -4.02. The van der Waals surface area contributed by atoms with E-state index in [1.165, 1.54) is 6.92 Å². The van der Waals surface area contributed by atoms with Crippen molar-refractivity contribution in [3.63, 3.8) is 0 Å². The Labute approximate surface area is 225 Å². The van der Waals surface area contributed by atoms with E-state index in [9.17, 15) is 45.4 Å². The molecule has 1 saturated heterocycles. The van der Waals surface area contributed by atoms with Crippen LogP contribution in [0.25, 0.3) is 16.8 Å². The van der Waals surface area contributed by atoms with Gasteiger partial charge in [0.2, 0.25) is 5.60 Å². The first-order valence-corrected chi connectivity index (χ1v) is 11.9. The molecule has 0 saturated carbocycles. The number of amides is 2. The number of benzene rings is 1. The molecule has 1 unspecified atom stereocenters. The molecule has 2 amide bonds. The summed E-state index contributed by atoms with van der Waals surface area (Å²) < 4.78 is 111. The second-order valence-electron chi connectivity index (χ2n) is 9.56. The summed E-state index contributed by atoms with van der Waals surface area (Å²) in [5.41, 5.74) is -1.10. The van der Waals surface area contributed by atoms with Crippen LogP contribution in [0.15, 0.2) is 24.5 Å². The fourth-order valence-electron chi connectivity index (χ4n) is 4.58. The maximum absolute atomic E-state index is 15.1. The predicted octanol–water partition coefficient (Wildman–Crippen LogP) is 3.29. The number of carbonyl (C=O) groups excluding carboxylic acids is 2. The van der Waals surface area contributed by atoms with E-state index < -0.39 is 83.3 Å². The number of nitrogens with two attached hydrogens (primary N) is 1. The van der Waals surface area contributed by atoms with Gasteiger partial charge >= 0.3 is 12.4 Å². The molecule has 2 aromatic heterocycles. The average Bonchev–Trinajstić information content (AvgIpc) is 3.44. The molecule has 41 heavy (non-hydrogen) atoms. The zero-order chi connectivity index (χ0) is 30.7. The standard InChI is InChI=1S/C24H22F8N6O3/c1-3-11-12(20(39)36-16-8-37(7-15(16)26)21(40)22(2,41)24(30,31)32)4-10(5-14(11)25)17-6-13(23(27,28)29)18-19(33)34-9-35-38(17)18/h4-6,9,15-16,41H,3,7-8H2,1-2H3,(H,36,39)(H2,33,34,35)/t15-,16+,22?/m0/s1. The van der Waals surface area contributed by atoms with Crippen LogP contribution in [0, 0.1) is 5.82 Å². The molecule has 3 heterocycles. The molecule has 3 aromatic rings. The molecular formula is C24H22F8N6O3. The fourth-order valence-corrected chi connectivity index (χ4v) is 4.58. The molecule has 0 aliphatic carbocycles. The molecule has 222 valence electrons. The lowest BCUT2D eigenvalue weighted by atomic mass is 9.98. The van der Waals surface area contributed by atoms with E-state index in [1.807, 2.05) is 0 Å². The summed E-state index contributed by atoms with van der Waals surface area (Å²) in [4.78, 5) is 29.4. The van der Waals surface area contributed by atoms with Crippen LogP contribution in [0.1, 0.15) is 35.3 Å². The van der Waals surface area contributed by atoms with Crippen molar-refractivity contribution < 1.29 is 49.8 Å². The highest BCUT2D eigenvalue weighted by atomic mass is 19.4. The first-order chi connectivity index (χ1) is 18.9. The Morgan fingerprint density at radius 2 is 1.80 bits per heavy atom. The molecule has 4 N–H and O–H groups in total. The number of aromatic nitrogens is 3. The van der Waals surface area contributed by atoms with Crippen LogP contribution < -0.4 is 11.1 Å². The van der Waals surface area contributed by atoms with Crippen LogP contribution in [-0.4, -0.2) is 73.5 Å². The second-order valence-corrected chi connectivity index (χ2v) is 9.56. The predicted molar refractivity (Wildman–Crippen MR) is 127 cm³/mol. The van der Waals surface area contributed by atoms with Crippen molar-refractivity contribution in [3.05, 3.63) is 47.0 Å². The van der Waals surface area contributed by atoms with Gasteiger partial charge in [-0.05, 0) is 31.5 Å². The van der Waals surface area contributed by atoms with Gasteiger partial charge in [0.15, 0.2) is 5.82 Å². The highest BCUT2D eigenvalue weighted by Crippen LogP contribution is 2.39. The van der Waals surface area contributed by atoms with Gasteiger partial charge < -0.3 is 21.1 Å². The third-order valence-corrected chi connectivity index (χ3v) is 6.80. The Morgan fingerprint density at radius 1 is 1.15 bits per heavy atom. The molecule has 4 rings (SSSR count). The molecule has 1 aliphatic rings. The van der Waals surface area contributed by atoms with Crippen molar-refractivity contribution in [2.24, 2.45) is 0 Å². The number of aliphatic hydroxyl groups is 1. The number of alkyl halides is 7. The number of nitrogen functional groups attached to an aromatic ring is 1. The summed E-state index contributed by atoms with van der Waals surface area (Å²) in [5, 5.41) is 15.6. The number of fused-ring (bicyclic) bond motifs is 1. The first-order valence-electron chi connectivity index (χ1n) is 11.9. The molecule has 9 nitrogen and oxygen atoms in total. The average molecular weight is 594 g/mol. The Morgan fingerprint density at radius 3 is 2.39 bits per heavy atom. The van der Waals surface area contributed by atoms with Crippen LogP contribution >= 0.6 is 0 Å². The summed E-state index contributed by atoms with van der Waals surface area (Å²) in [7, 11) is 0. The van der Waals surface area contributed by atoms with Gasteiger partial charge in [-0.1, -0.05) is 6.92 Å². The Bertz CT molecular complexity index is 1520. The van der Waals surface area contributed by atoms with E-state index in [0.717, 1.165) is 23.0 Å². The molecule has 0 bridgehead atoms. The van der Waals surface area contributed by atoms with Gasteiger partial charge in [0.25, 0.3) is 11.8 Å². The normalized spacial score (nSPS) is 19.4. The molecule has 1 fully saturated rings. The Balaban J connectivity index is 1.69. The van der Waals surface area contributed by atoms with Gasteiger partial charge in [-0.25, -0.2) is 18.3 Å². The lowest BCUT2D eigenvalue weighted by Gasteiger charge is -2.29. The quantitative estimate of drug-likeness (QED) is 0.390. The number of carbonyl (C=O) groups is 2. The number of hydrogen-bond acceptors (Lipinski definition) is 6. The van der Waals surface area contributed by atoms with E-state index in [1.54, 1.807) is 0 Å². The van der Waals surface area contributed by atoms with Gasteiger partial charge in [-0.2, -0.15) is 31.4 Å². The molecule has 1 aromatic carbocycles. The smallest absolute Gasteiger partial charge is 0.382 e. The summed E-state index contributed by atoms with van der Waals surface area (Å²) in [6, 6.07) is 1.04.